The van der Waals surface area contributed by atoms with Crippen molar-refractivity contribution in [2.45, 2.75) is 0 Å². The first-order chi connectivity index (χ1) is 15.2. The highest BCUT2D eigenvalue weighted by atomic mass is 16.5. The molecule has 3 aromatic carbocycles. The molecule has 2 aromatic heterocycles. The molecule has 31 heavy (non-hydrogen) atoms. The molecule has 2 amide bonds. The van der Waals surface area contributed by atoms with Crippen LogP contribution in [0.25, 0.3) is 27.7 Å². The fourth-order valence-electron chi connectivity index (χ4n) is 3.46. The molecule has 0 radical (unpaired) electrons. The smallest absolute Gasteiger partial charge is 0.324 e. The molecule has 2 heterocycles. The van der Waals surface area contributed by atoms with E-state index in [9.17, 15) is 4.79 Å². The van der Waals surface area contributed by atoms with Gasteiger partial charge in [-0.1, -0.05) is 42.5 Å². The molecule has 0 atom stereocenters. The maximum absolute atomic E-state index is 12.5. The summed E-state index contributed by atoms with van der Waals surface area (Å²) < 4.78 is 6.93. The van der Waals surface area contributed by atoms with Gasteiger partial charge in [0.05, 0.1) is 19.0 Å². The number of carbonyl (C=O) groups excluding carboxylic acids is 1. The highest BCUT2D eigenvalue weighted by Gasteiger charge is 2.14. The van der Waals surface area contributed by atoms with Crippen LogP contribution in [0.15, 0.2) is 85.1 Å². The minimum absolute atomic E-state index is 0.362. The number of hydrogen-bond donors (Lipinski definition) is 2. The fraction of sp³-hybridized carbons (Fsp3) is 0.0417. The maximum Gasteiger partial charge on any atom is 0.324 e. The Morgan fingerprint density at radius 3 is 2.32 bits per heavy atom. The van der Waals surface area contributed by atoms with Crippen LogP contribution in [-0.2, 0) is 0 Å². The number of methoxy groups -OCH3 is 1. The third kappa shape index (κ3) is 3.64. The lowest BCUT2D eigenvalue weighted by Crippen LogP contribution is -2.20. The van der Waals surface area contributed by atoms with Gasteiger partial charge in [-0.2, -0.15) is 0 Å². The summed E-state index contributed by atoms with van der Waals surface area (Å²) in [5.41, 5.74) is 3.16. The molecule has 7 heteroatoms. The molecular weight excluding hydrogens is 390 g/mol. The number of benzene rings is 3. The molecule has 7 nitrogen and oxygen atoms in total. The SMILES string of the molecule is COc1ccc(-c2cn3nc(NC(=O)Nc4ccccc4)c4ccccc4c3n2)cc1. The zero-order valence-corrected chi connectivity index (χ0v) is 16.7. The van der Waals surface area contributed by atoms with Gasteiger partial charge in [0.2, 0.25) is 0 Å². The van der Waals surface area contributed by atoms with Crippen molar-refractivity contribution in [3.63, 3.8) is 0 Å². The molecule has 5 aromatic rings. The Kier molecular flexibility index (Phi) is 4.68. The molecule has 0 fully saturated rings. The van der Waals surface area contributed by atoms with Gasteiger partial charge in [0.1, 0.15) is 5.75 Å². The van der Waals surface area contributed by atoms with Crippen molar-refractivity contribution >= 4 is 34.0 Å². The molecule has 0 unspecified atom stereocenters. The van der Waals surface area contributed by atoms with Crippen LogP contribution in [0.4, 0.5) is 16.3 Å². The van der Waals surface area contributed by atoms with Gasteiger partial charge in [-0.15, -0.1) is 5.10 Å². The summed E-state index contributed by atoms with van der Waals surface area (Å²) in [5, 5.41) is 12.0. The van der Waals surface area contributed by atoms with E-state index in [0.717, 1.165) is 33.4 Å². The average Bonchev–Trinajstić information content (AvgIpc) is 3.24. The number of urea groups is 1. The number of fused-ring (bicyclic) bond motifs is 3. The van der Waals surface area contributed by atoms with Crippen LogP contribution in [0.3, 0.4) is 0 Å². The van der Waals surface area contributed by atoms with Gasteiger partial charge >= 0.3 is 6.03 Å². The second-order valence-corrected chi connectivity index (χ2v) is 6.96. The largest absolute Gasteiger partial charge is 0.497 e. The molecule has 0 aliphatic carbocycles. The highest BCUT2D eigenvalue weighted by Crippen LogP contribution is 2.28. The van der Waals surface area contributed by atoms with Gasteiger partial charge < -0.3 is 10.1 Å². The number of anilines is 2. The molecule has 0 saturated heterocycles. The Morgan fingerprint density at radius 2 is 1.58 bits per heavy atom. The van der Waals surface area contributed by atoms with Crippen molar-refractivity contribution in [1.82, 2.24) is 14.6 Å². The van der Waals surface area contributed by atoms with Crippen LogP contribution < -0.4 is 15.4 Å². The molecule has 152 valence electrons. The second kappa shape index (κ2) is 7.79. The topological polar surface area (TPSA) is 80.5 Å². The number of nitrogens with zero attached hydrogens (tertiary/aromatic N) is 3. The minimum Gasteiger partial charge on any atom is -0.497 e. The Labute approximate surface area is 178 Å². The lowest BCUT2D eigenvalue weighted by atomic mass is 10.1. The average molecular weight is 409 g/mol. The number of para-hydroxylation sites is 1. The van der Waals surface area contributed by atoms with Crippen LogP contribution in [-0.4, -0.2) is 27.7 Å². The van der Waals surface area contributed by atoms with Crippen LogP contribution in [0.5, 0.6) is 5.75 Å². The summed E-state index contributed by atoms with van der Waals surface area (Å²) in [6.45, 7) is 0. The van der Waals surface area contributed by atoms with E-state index in [-0.39, 0.29) is 6.03 Å². The third-order valence-corrected chi connectivity index (χ3v) is 4.97. The summed E-state index contributed by atoms with van der Waals surface area (Å²) in [7, 11) is 1.64. The number of imidazole rings is 1. The molecular formula is C24H19N5O2. The van der Waals surface area contributed by atoms with Crippen LogP contribution in [0.2, 0.25) is 0 Å². The molecule has 0 aliphatic heterocycles. The van der Waals surface area contributed by atoms with Gasteiger partial charge in [0.25, 0.3) is 0 Å². The predicted octanol–water partition coefficient (Wildman–Crippen LogP) is 5.20. The minimum atomic E-state index is -0.362. The van der Waals surface area contributed by atoms with Gasteiger partial charge in [0.15, 0.2) is 11.5 Å². The van der Waals surface area contributed by atoms with Crippen molar-refractivity contribution < 1.29 is 9.53 Å². The van der Waals surface area contributed by atoms with Gasteiger partial charge in [0, 0.05) is 22.0 Å². The van der Waals surface area contributed by atoms with Gasteiger partial charge in [-0.3, -0.25) is 5.32 Å². The Morgan fingerprint density at radius 1 is 0.871 bits per heavy atom. The van der Waals surface area contributed by atoms with Crippen LogP contribution in [0, 0.1) is 0 Å². The number of nitrogens with one attached hydrogen (secondary N) is 2. The first kappa shape index (κ1) is 18.6. The molecule has 0 spiro atoms. The summed E-state index contributed by atoms with van der Waals surface area (Å²) in [4.78, 5) is 17.3. The molecule has 0 bridgehead atoms. The van der Waals surface area contributed by atoms with E-state index in [0.29, 0.717) is 11.5 Å². The standard InChI is InChI=1S/C24H19N5O2/c1-31-18-13-11-16(12-14-18)21-15-29-23(26-21)20-10-6-5-9-19(20)22(28-29)27-24(30)25-17-7-3-2-4-8-17/h2-15H,1H3,(H2,25,27,28,30). The lowest BCUT2D eigenvalue weighted by molar-refractivity contribution is 0.262. The van der Waals surface area contributed by atoms with E-state index >= 15 is 0 Å². The first-order valence-electron chi connectivity index (χ1n) is 9.77. The van der Waals surface area contributed by atoms with E-state index in [1.165, 1.54) is 0 Å². The van der Waals surface area contributed by atoms with Gasteiger partial charge in [-0.25, -0.2) is 14.3 Å². The van der Waals surface area contributed by atoms with Crippen molar-refractivity contribution in [2.24, 2.45) is 0 Å². The summed E-state index contributed by atoms with van der Waals surface area (Å²) in [6.07, 6.45) is 1.85. The van der Waals surface area contributed by atoms with E-state index in [1.807, 2.05) is 85.1 Å². The van der Waals surface area contributed by atoms with Crippen molar-refractivity contribution in [1.29, 1.82) is 0 Å². The number of hydrogen-bond acceptors (Lipinski definition) is 4. The normalized spacial score (nSPS) is 10.9. The van der Waals surface area contributed by atoms with E-state index in [4.69, 9.17) is 9.72 Å². The Bertz CT molecular complexity index is 1380. The molecule has 2 N–H and O–H groups in total. The van der Waals surface area contributed by atoms with Crippen LogP contribution in [0.1, 0.15) is 0 Å². The Balaban J connectivity index is 1.54. The van der Waals surface area contributed by atoms with E-state index < -0.39 is 0 Å². The zero-order chi connectivity index (χ0) is 21.2. The van der Waals surface area contributed by atoms with Crippen molar-refractivity contribution in [3.8, 4) is 17.0 Å². The van der Waals surface area contributed by atoms with Crippen molar-refractivity contribution in [2.75, 3.05) is 17.7 Å². The van der Waals surface area contributed by atoms with Crippen LogP contribution >= 0.6 is 0 Å². The number of amides is 2. The van der Waals surface area contributed by atoms with Crippen molar-refractivity contribution in [3.05, 3.63) is 85.1 Å². The Hall–Kier alpha value is -4.39. The second-order valence-electron chi connectivity index (χ2n) is 6.96. The van der Waals surface area contributed by atoms with Gasteiger partial charge in [-0.05, 0) is 36.4 Å². The van der Waals surface area contributed by atoms with E-state index in [1.54, 1.807) is 11.6 Å². The molecule has 5 rings (SSSR count). The summed E-state index contributed by atoms with van der Waals surface area (Å²) in [5.74, 6) is 1.24. The maximum atomic E-state index is 12.5. The number of rotatable bonds is 4. The molecule has 0 aliphatic rings. The monoisotopic (exact) mass is 409 g/mol. The van der Waals surface area contributed by atoms with E-state index in [2.05, 4.69) is 15.7 Å². The number of aromatic nitrogens is 3. The molecule has 0 saturated carbocycles. The zero-order valence-electron chi connectivity index (χ0n) is 16.7. The lowest BCUT2D eigenvalue weighted by Gasteiger charge is -2.10. The quantitative estimate of drug-likeness (QED) is 0.427. The predicted molar refractivity (Wildman–Crippen MR) is 122 cm³/mol. The number of ether oxygens (including phenoxy) is 1. The first-order valence-corrected chi connectivity index (χ1v) is 9.77. The third-order valence-electron chi connectivity index (χ3n) is 4.97. The number of carbonyl (C=O) groups is 1. The fourth-order valence-corrected chi connectivity index (χ4v) is 3.46. The summed E-state index contributed by atoms with van der Waals surface area (Å²) >= 11 is 0. The highest BCUT2D eigenvalue weighted by molar-refractivity contribution is 6.07. The summed E-state index contributed by atoms with van der Waals surface area (Å²) in [6, 6.07) is 24.3.